The second-order valence-corrected chi connectivity index (χ2v) is 6.69. The second-order valence-electron chi connectivity index (χ2n) is 6.69. The maximum atomic E-state index is 12.4. The lowest BCUT2D eigenvalue weighted by Gasteiger charge is -2.32. The van der Waals surface area contributed by atoms with Crippen LogP contribution in [-0.4, -0.2) is 37.6 Å². The smallest absolute Gasteiger partial charge is 0.267 e. The molecule has 28 heavy (non-hydrogen) atoms. The first-order valence-corrected chi connectivity index (χ1v) is 9.67. The molecule has 1 unspecified atom stereocenters. The van der Waals surface area contributed by atoms with Crippen LogP contribution in [0, 0.1) is 0 Å². The van der Waals surface area contributed by atoms with Crippen LogP contribution in [0.3, 0.4) is 0 Å². The van der Waals surface area contributed by atoms with Gasteiger partial charge in [0.05, 0.1) is 12.3 Å². The van der Waals surface area contributed by atoms with Crippen molar-refractivity contribution in [1.82, 2.24) is 5.32 Å². The minimum Gasteiger partial charge on any atom is -0.494 e. The molecule has 0 saturated heterocycles. The number of benzene rings is 2. The zero-order valence-corrected chi connectivity index (χ0v) is 16.1. The summed E-state index contributed by atoms with van der Waals surface area (Å²) in [6.45, 7) is 3.28. The maximum absolute atomic E-state index is 12.4. The van der Waals surface area contributed by atoms with Crippen molar-refractivity contribution < 1.29 is 19.1 Å². The largest absolute Gasteiger partial charge is 0.494 e. The van der Waals surface area contributed by atoms with E-state index in [0.717, 1.165) is 24.3 Å². The fraction of sp³-hybridized carbons (Fsp3) is 0.364. The minimum atomic E-state index is -0.539. The number of para-hydroxylation sites is 3. The molecule has 1 N–H and O–H groups in total. The van der Waals surface area contributed by atoms with E-state index in [9.17, 15) is 9.59 Å². The molecule has 0 bridgehead atoms. The summed E-state index contributed by atoms with van der Waals surface area (Å²) < 4.78 is 11.2. The molecule has 6 nitrogen and oxygen atoms in total. The van der Waals surface area contributed by atoms with Crippen LogP contribution in [0.15, 0.2) is 54.6 Å². The first-order chi connectivity index (χ1) is 13.6. The molecular formula is C22H26N2O4. The van der Waals surface area contributed by atoms with E-state index in [1.165, 1.54) is 0 Å². The number of fused-ring (bicyclic) bond motifs is 1. The highest BCUT2D eigenvalue weighted by molar-refractivity contribution is 6.00. The lowest BCUT2D eigenvalue weighted by Crippen LogP contribution is -2.45. The fourth-order valence-electron chi connectivity index (χ4n) is 3.05. The van der Waals surface area contributed by atoms with Crippen LogP contribution in [0.25, 0.3) is 0 Å². The number of carbonyl (C=O) groups is 2. The Morgan fingerprint density at radius 1 is 1.11 bits per heavy atom. The third kappa shape index (κ3) is 5.25. The van der Waals surface area contributed by atoms with Crippen molar-refractivity contribution in [3.05, 3.63) is 54.6 Å². The Labute approximate surface area is 165 Å². The predicted molar refractivity (Wildman–Crippen MR) is 108 cm³/mol. The van der Waals surface area contributed by atoms with Crippen molar-refractivity contribution >= 4 is 17.5 Å². The monoisotopic (exact) mass is 382 g/mol. The van der Waals surface area contributed by atoms with Crippen molar-refractivity contribution in [1.29, 1.82) is 0 Å². The molecule has 3 rings (SSSR count). The molecule has 6 heteroatoms. The van der Waals surface area contributed by atoms with Gasteiger partial charge in [-0.2, -0.15) is 0 Å². The number of nitrogens with one attached hydrogen (secondary N) is 1. The van der Waals surface area contributed by atoms with Gasteiger partial charge in [-0.3, -0.25) is 9.59 Å². The molecule has 0 saturated carbocycles. The quantitative estimate of drug-likeness (QED) is 0.677. The van der Waals surface area contributed by atoms with E-state index in [2.05, 4.69) is 5.32 Å². The highest BCUT2D eigenvalue weighted by Gasteiger charge is 2.31. The summed E-state index contributed by atoms with van der Waals surface area (Å²) in [6, 6.07) is 17.1. The van der Waals surface area contributed by atoms with E-state index >= 15 is 0 Å². The molecular weight excluding hydrogens is 356 g/mol. The van der Waals surface area contributed by atoms with Crippen molar-refractivity contribution in [2.24, 2.45) is 0 Å². The molecule has 0 fully saturated rings. The van der Waals surface area contributed by atoms with Crippen LogP contribution in [0.1, 0.15) is 26.2 Å². The topological polar surface area (TPSA) is 67.9 Å². The number of rotatable bonds is 9. The molecule has 1 aliphatic heterocycles. The van der Waals surface area contributed by atoms with E-state index in [-0.39, 0.29) is 18.2 Å². The number of anilines is 1. The summed E-state index contributed by atoms with van der Waals surface area (Å²) in [6.07, 6.45) is 1.42. The van der Waals surface area contributed by atoms with Crippen LogP contribution in [0.2, 0.25) is 0 Å². The number of amides is 2. The molecule has 2 aromatic rings. The zero-order valence-electron chi connectivity index (χ0n) is 16.1. The van der Waals surface area contributed by atoms with Gasteiger partial charge in [0.1, 0.15) is 11.5 Å². The van der Waals surface area contributed by atoms with Crippen molar-refractivity contribution in [2.75, 3.05) is 24.6 Å². The Morgan fingerprint density at radius 2 is 1.86 bits per heavy atom. The van der Waals surface area contributed by atoms with Crippen LogP contribution in [-0.2, 0) is 9.59 Å². The molecule has 1 aliphatic rings. The summed E-state index contributed by atoms with van der Waals surface area (Å²) >= 11 is 0. The van der Waals surface area contributed by atoms with Gasteiger partial charge in [-0.05, 0) is 44.0 Å². The first kappa shape index (κ1) is 19.7. The highest BCUT2D eigenvalue weighted by Crippen LogP contribution is 2.33. The van der Waals surface area contributed by atoms with Gasteiger partial charge in [-0.25, -0.2) is 0 Å². The van der Waals surface area contributed by atoms with Gasteiger partial charge in [0.15, 0.2) is 6.10 Å². The summed E-state index contributed by atoms with van der Waals surface area (Å²) in [4.78, 5) is 26.2. The van der Waals surface area contributed by atoms with Gasteiger partial charge in [0.25, 0.3) is 5.91 Å². The van der Waals surface area contributed by atoms with Crippen molar-refractivity contribution in [3.63, 3.8) is 0 Å². The van der Waals surface area contributed by atoms with Gasteiger partial charge in [-0.1, -0.05) is 30.3 Å². The van der Waals surface area contributed by atoms with Crippen LogP contribution < -0.4 is 19.7 Å². The second kappa shape index (κ2) is 9.78. The lowest BCUT2D eigenvalue weighted by molar-refractivity contribution is -0.125. The molecule has 148 valence electrons. The molecule has 2 aromatic carbocycles. The molecule has 1 heterocycles. The number of ether oxygens (including phenoxy) is 2. The molecule has 0 spiro atoms. The SMILES string of the molecule is CC1Oc2ccccc2N(CCC(=O)NCCCCOc2ccccc2)C1=O. The fourth-order valence-corrected chi connectivity index (χ4v) is 3.05. The van der Waals surface area contributed by atoms with Crippen molar-refractivity contribution in [3.8, 4) is 11.5 Å². The zero-order chi connectivity index (χ0) is 19.8. The van der Waals surface area contributed by atoms with Crippen molar-refractivity contribution in [2.45, 2.75) is 32.3 Å². The normalized spacial score (nSPS) is 15.5. The van der Waals surface area contributed by atoms with Gasteiger partial charge < -0.3 is 19.7 Å². The Kier molecular flexibility index (Phi) is 6.89. The third-order valence-corrected chi connectivity index (χ3v) is 4.54. The first-order valence-electron chi connectivity index (χ1n) is 9.67. The molecule has 0 radical (unpaired) electrons. The summed E-state index contributed by atoms with van der Waals surface area (Å²) in [5.41, 5.74) is 0.719. The average molecular weight is 382 g/mol. The summed E-state index contributed by atoms with van der Waals surface area (Å²) in [7, 11) is 0. The van der Waals surface area contributed by atoms with E-state index in [1.807, 2.05) is 54.6 Å². The van der Waals surface area contributed by atoms with Crippen LogP contribution >= 0.6 is 0 Å². The third-order valence-electron chi connectivity index (χ3n) is 4.54. The van der Waals surface area contributed by atoms with Gasteiger partial charge >= 0.3 is 0 Å². The Hall–Kier alpha value is -3.02. The van der Waals surface area contributed by atoms with E-state index in [0.29, 0.717) is 25.4 Å². The Morgan fingerprint density at radius 3 is 2.68 bits per heavy atom. The van der Waals surface area contributed by atoms with E-state index < -0.39 is 6.10 Å². The number of hydrogen-bond donors (Lipinski definition) is 1. The predicted octanol–water partition coefficient (Wildman–Crippen LogP) is 3.17. The molecule has 1 atom stereocenters. The van der Waals surface area contributed by atoms with Crippen LogP contribution in [0.4, 0.5) is 5.69 Å². The average Bonchev–Trinajstić information content (AvgIpc) is 2.71. The van der Waals surface area contributed by atoms with E-state index in [1.54, 1.807) is 11.8 Å². The number of hydrogen-bond acceptors (Lipinski definition) is 4. The highest BCUT2D eigenvalue weighted by atomic mass is 16.5. The molecule has 0 aliphatic carbocycles. The maximum Gasteiger partial charge on any atom is 0.267 e. The number of carbonyl (C=O) groups excluding carboxylic acids is 2. The molecule has 2 amide bonds. The lowest BCUT2D eigenvalue weighted by atomic mass is 10.1. The summed E-state index contributed by atoms with van der Waals surface area (Å²) in [5, 5.41) is 2.91. The number of nitrogens with zero attached hydrogens (tertiary/aromatic N) is 1. The Bertz CT molecular complexity index is 794. The molecule has 0 aromatic heterocycles. The Balaban J connectivity index is 1.36. The standard InChI is InChI=1S/C22H26N2O4/c1-17-22(26)24(19-11-5-6-12-20(19)28-17)15-13-21(25)23-14-7-8-16-27-18-9-3-2-4-10-18/h2-6,9-12,17H,7-8,13-16H2,1H3,(H,23,25). The summed E-state index contributed by atoms with van der Waals surface area (Å²) in [5.74, 6) is 1.35. The van der Waals surface area contributed by atoms with E-state index in [4.69, 9.17) is 9.47 Å². The number of unbranched alkanes of at least 4 members (excludes halogenated alkanes) is 1. The van der Waals surface area contributed by atoms with Gasteiger partial charge in [-0.15, -0.1) is 0 Å². The van der Waals surface area contributed by atoms with Crippen LogP contribution in [0.5, 0.6) is 11.5 Å². The van der Waals surface area contributed by atoms with Gasteiger partial charge in [0, 0.05) is 19.5 Å². The minimum absolute atomic E-state index is 0.0617. The van der Waals surface area contributed by atoms with Gasteiger partial charge in [0.2, 0.25) is 5.91 Å².